The van der Waals surface area contributed by atoms with Gasteiger partial charge in [0.1, 0.15) is 15.8 Å². The Kier molecular flexibility index (Phi) is 3.38. The number of rotatable bonds is 2. The molecule has 100 valence electrons. The summed E-state index contributed by atoms with van der Waals surface area (Å²) >= 11 is 11.7. The third-order valence-corrected chi connectivity index (χ3v) is 3.38. The van der Waals surface area contributed by atoms with Gasteiger partial charge in [-0.3, -0.25) is 4.79 Å². The lowest BCUT2D eigenvalue weighted by Crippen LogP contribution is -2.25. The first-order valence-corrected chi connectivity index (χ1v) is 6.54. The molecule has 3 rings (SSSR count). The Morgan fingerprint density at radius 1 is 1.10 bits per heavy atom. The van der Waals surface area contributed by atoms with Crippen molar-refractivity contribution in [3.05, 3.63) is 62.6 Å². The Morgan fingerprint density at radius 2 is 1.90 bits per heavy atom. The molecule has 5 nitrogen and oxygen atoms in total. The van der Waals surface area contributed by atoms with Crippen LogP contribution in [-0.4, -0.2) is 20.0 Å². The quantitative estimate of drug-likeness (QED) is 0.683. The summed E-state index contributed by atoms with van der Waals surface area (Å²) in [6, 6.07) is 10.4. The molecule has 0 radical (unpaired) electrons. The van der Waals surface area contributed by atoms with Crippen molar-refractivity contribution in [2.24, 2.45) is 0 Å². The molecule has 0 bridgehead atoms. The minimum Gasteiger partial charge on any atom is -0.267 e. The van der Waals surface area contributed by atoms with E-state index in [2.05, 4.69) is 15.3 Å². The Labute approximate surface area is 123 Å². The van der Waals surface area contributed by atoms with E-state index in [-0.39, 0.29) is 17.3 Å². The number of nitrogens with zero attached hydrogens (tertiary/aromatic N) is 4. The molecule has 0 amide bonds. The van der Waals surface area contributed by atoms with Crippen molar-refractivity contribution < 1.29 is 0 Å². The molecule has 0 aliphatic rings. The summed E-state index contributed by atoms with van der Waals surface area (Å²) in [4.78, 5) is 16.2. The van der Waals surface area contributed by atoms with E-state index in [0.29, 0.717) is 21.6 Å². The van der Waals surface area contributed by atoms with Crippen LogP contribution in [0.4, 0.5) is 0 Å². The Bertz CT molecular complexity index is 847. The molecule has 0 saturated heterocycles. The standard InChI is InChI=1S/C13H8Cl2N4O/c14-11-6-5-8(12(15)16-11)7-19-13(20)9-3-1-2-4-10(9)17-18-19/h1-6H,7H2. The molecule has 20 heavy (non-hydrogen) atoms. The number of hydrogen-bond donors (Lipinski definition) is 0. The zero-order valence-corrected chi connectivity index (χ0v) is 11.6. The van der Waals surface area contributed by atoms with Gasteiger partial charge in [-0.15, -0.1) is 5.10 Å². The Balaban J connectivity index is 2.07. The summed E-state index contributed by atoms with van der Waals surface area (Å²) in [7, 11) is 0. The van der Waals surface area contributed by atoms with Crippen LogP contribution in [0, 0.1) is 0 Å². The van der Waals surface area contributed by atoms with Crippen molar-refractivity contribution in [2.75, 3.05) is 0 Å². The lowest BCUT2D eigenvalue weighted by molar-refractivity contribution is 0.600. The molecule has 0 aliphatic carbocycles. The van der Waals surface area contributed by atoms with Crippen molar-refractivity contribution in [3.63, 3.8) is 0 Å². The van der Waals surface area contributed by atoms with Gasteiger partial charge in [0, 0.05) is 5.56 Å². The van der Waals surface area contributed by atoms with Gasteiger partial charge in [0.15, 0.2) is 0 Å². The van der Waals surface area contributed by atoms with Crippen molar-refractivity contribution >= 4 is 34.1 Å². The van der Waals surface area contributed by atoms with Gasteiger partial charge in [0.2, 0.25) is 0 Å². The van der Waals surface area contributed by atoms with Gasteiger partial charge >= 0.3 is 0 Å². The van der Waals surface area contributed by atoms with Gasteiger partial charge in [-0.05, 0) is 18.2 Å². The lowest BCUT2D eigenvalue weighted by atomic mass is 10.2. The second kappa shape index (κ2) is 5.19. The fourth-order valence-electron chi connectivity index (χ4n) is 1.85. The number of aromatic nitrogens is 4. The second-order valence-corrected chi connectivity index (χ2v) is 4.90. The van der Waals surface area contributed by atoms with Crippen LogP contribution in [0.3, 0.4) is 0 Å². The van der Waals surface area contributed by atoms with Crippen LogP contribution in [0.1, 0.15) is 5.56 Å². The zero-order chi connectivity index (χ0) is 14.1. The van der Waals surface area contributed by atoms with Crippen LogP contribution in [0.25, 0.3) is 10.9 Å². The molecular formula is C13H8Cl2N4O. The topological polar surface area (TPSA) is 60.7 Å². The highest BCUT2D eigenvalue weighted by Crippen LogP contribution is 2.17. The van der Waals surface area contributed by atoms with E-state index in [4.69, 9.17) is 23.2 Å². The molecule has 0 atom stereocenters. The predicted octanol–water partition coefficient (Wildman–Crippen LogP) is 2.54. The summed E-state index contributed by atoms with van der Waals surface area (Å²) in [6.45, 7) is 0.194. The van der Waals surface area contributed by atoms with Gasteiger partial charge in [-0.1, -0.05) is 46.6 Å². The average molecular weight is 307 g/mol. The minimum atomic E-state index is -0.221. The molecule has 0 unspecified atom stereocenters. The van der Waals surface area contributed by atoms with Crippen LogP contribution in [-0.2, 0) is 6.54 Å². The summed E-state index contributed by atoms with van der Waals surface area (Å²) in [6.07, 6.45) is 0. The van der Waals surface area contributed by atoms with E-state index < -0.39 is 0 Å². The largest absolute Gasteiger partial charge is 0.277 e. The van der Waals surface area contributed by atoms with Gasteiger partial charge in [0.05, 0.1) is 11.9 Å². The van der Waals surface area contributed by atoms with Gasteiger partial charge in [-0.2, -0.15) is 0 Å². The Morgan fingerprint density at radius 3 is 2.70 bits per heavy atom. The van der Waals surface area contributed by atoms with Gasteiger partial charge in [-0.25, -0.2) is 9.67 Å². The summed E-state index contributed by atoms with van der Waals surface area (Å²) in [5, 5.41) is 8.97. The highest BCUT2D eigenvalue weighted by atomic mass is 35.5. The fourth-order valence-corrected chi connectivity index (χ4v) is 2.25. The van der Waals surface area contributed by atoms with Crippen molar-refractivity contribution in [1.29, 1.82) is 0 Å². The van der Waals surface area contributed by atoms with E-state index in [1.165, 1.54) is 4.68 Å². The van der Waals surface area contributed by atoms with Crippen molar-refractivity contribution in [2.45, 2.75) is 6.54 Å². The zero-order valence-electron chi connectivity index (χ0n) is 10.1. The highest BCUT2D eigenvalue weighted by molar-refractivity contribution is 6.32. The second-order valence-electron chi connectivity index (χ2n) is 4.15. The predicted molar refractivity (Wildman–Crippen MR) is 77.2 cm³/mol. The smallest absolute Gasteiger partial charge is 0.267 e. The van der Waals surface area contributed by atoms with Crippen LogP contribution in [0.2, 0.25) is 10.3 Å². The maximum atomic E-state index is 12.3. The van der Waals surface area contributed by atoms with Gasteiger partial charge < -0.3 is 0 Å². The third-order valence-electron chi connectivity index (χ3n) is 2.84. The molecule has 0 saturated carbocycles. The normalized spacial score (nSPS) is 10.9. The molecular weight excluding hydrogens is 299 g/mol. The van der Waals surface area contributed by atoms with E-state index >= 15 is 0 Å². The van der Waals surface area contributed by atoms with E-state index in [0.717, 1.165) is 0 Å². The minimum absolute atomic E-state index is 0.194. The molecule has 2 aromatic heterocycles. The maximum absolute atomic E-state index is 12.3. The molecule has 0 fully saturated rings. The first kappa shape index (κ1) is 13.0. The average Bonchev–Trinajstić information content (AvgIpc) is 2.45. The summed E-state index contributed by atoms with van der Waals surface area (Å²) < 4.78 is 1.25. The van der Waals surface area contributed by atoms with E-state index in [1.54, 1.807) is 36.4 Å². The number of fused-ring (bicyclic) bond motifs is 1. The SMILES string of the molecule is O=c1c2ccccc2nnn1Cc1ccc(Cl)nc1Cl. The van der Waals surface area contributed by atoms with E-state index in [1.807, 2.05) is 0 Å². The molecule has 7 heteroatoms. The Hall–Kier alpha value is -1.98. The first-order valence-electron chi connectivity index (χ1n) is 5.78. The lowest BCUT2D eigenvalue weighted by Gasteiger charge is -2.06. The van der Waals surface area contributed by atoms with E-state index in [9.17, 15) is 4.79 Å². The summed E-state index contributed by atoms with van der Waals surface area (Å²) in [5.74, 6) is 0. The monoisotopic (exact) mass is 306 g/mol. The molecule has 3 aromatic rings. The molecule has 0 aliphatic heterocycles. The van der Waals surface area contributed by atoms with Crippen LogP contribution in [0.5, 0.6) is 0 Å². The fraction of sp³-hybridized carbons (Fsp3) is 0.0769. The molecule has 2 heterocycles. The number of benzene rings is 1. The van der Waals surface area contributed by atoms with Crippen molar-refractivity contribution in [3.8, 4) is 0 Å². The molecule has 1 aromatic carbocycles. The number of halogens is 2. The van der Waals surface area contributed by atoms with Crippen LogP contribution < -0.4 is 5.56 Å². The molecule has 0 spiro atoms. The molecule has 0 N–H and O–H groups in total. The number of pyridine rings is 1. The third kappa shape index (κ3) is 2.37. The first-order chi connectivity index (χ1) is 9.65. The maximum Gasteiger partial charge on any atom is 0.277 e. The van der Waals surface area contributed by atoms with Crippen LogP contribution in [0.15, 0.2) is 41.2 Å². The van der Waals surface area contributed by atoms with Crippen molar-refractivity contribution in [1.82, 2.24) is 20.0 Å². The van der Waals surface area contributed by atoms with Crippen LogP contribution >= 0.6 is 23.2 Å². The van der Waals surface area contributed by atoms with Gasteiger partial charge in [0.25, 0.3) is 5.56 Å². The number of hydrogen-bond acceptors (Lipinski definition) is 4. The highest BCUT2D eigenvalue weighted by Gasteiger charge is 2.08. The summed E-state index contributed by atoms with van der Waals surface area (Å²) in [5.41, 5.74) is 0.999.